The lowest BCUT2D eigenvalue weighted by Gasteiger charge is -2.28. The highest BCUT2D eigenvalue weighted by Crippen LogP contribution is 2.29. The third-order valence-electron chi connectivity index (χ3n) is 4.32. The van der Waals surface area contributed by atoms with Gasteiger partial charge in [0.2, 0.25) is 11.8 Å². The Morgan fingerprint density at radius 1 is 1.19 bits per heavy atom. The van der Waals surface area contributed by atoms with Crippen molar-refractivity contribution in [2.24, 2.45) is 0 Å². The van der Waals surface area contributed by atoms with E-state index in [-0.39, 0.29) is 0 Å². The van der Waals surface area contributed by atoms with Crippen molar-refractivity contribution in [3.63, 3.8) is 0 Å². The average molecular weight is 386 g/mol. The summed E-state index contributed by atoms with van der Waals surface area (Å²) in [4.78, 5) is 6.59. The van der Waals surface area contributed by atoms with E-state index >= 15 is 0 Å². The van der Waals surface area contributed by atoms with Crippen molar-refractivity contribution >= 4 is 17.7 Å². The van der Waals surface area contributed by atoms with E-state index in [4.69, 9.17) is 9.26 Å². The van der Waals surface area contributed by atoms with Crippen molar-refractivity contribution in [2.75, 3.05) is 31.2 Å². The van der Waals surface area contributed by atoms with Crippen LogP contribution in [0.5, 0.6) is 0 Å². The average Bonchev–Trinajstić information content (AvgIpc) is 3.34. The van der Waals surface area contributed by atoms with Crippen LogP contribution >= 0.6 is 11.8 Å². The summed E-state index contributed by atoms with van der Waals surface area (Å²) in [6.45, 7) is 7.09. The predicted octanol–water partition coefficient (Wildman–Crippen LogP) is 2.65. The van der Waals surface area contributed by atoms with E-state index in [0.29, 0.717) is 24.9 Å². The summed E-state index contributed by atoms with van der Waals surface area (Å²) in [5, 5.41) is 13.7. The van der Waals surface area contributed by atoms with Crippen molar-refractivity contribution < 1.29 is 9.26 Å². The number of nitrogens with zero attached hydrogens (tertiary/aromatic N) is 6. The molecular formula is C18H22N6O2S. The lowest BCUT2D eigenvalue weighted by atomic mass is 10.2. The van der Waals surface area contributed by atoms with Gasteiger partial charge in [-0.15, -0.1) is 10.2 Å². The summed E-state index contributed by atoms with van der Waals surface area (Å²) in [6, 6.07) is 8.35. The zero-order chi connectivity index (χ0) is 18.6. The zero-order valence-corrected chi connectivity index (χ0v) is 16.3. The van der Waals surface area contributed by atoms with E-state index < -0.39 is 0 Å². The predicted molar refractivity (Wildman–Crippen MR) is 102 cm³/mol. The van der Waals surface area contributed by atoms with Crippen molar-refractivity contribution in [1.29, 1.82) is 0 Å². The Morgan fingerprint density at radius 3 is 2.78 bits per heavy atom. The molecule has 142 valence electrons. The largest absolute Gasteiger partial charge is 0.378 e. The first-order chi connectivity index (χ1) is 13.2. The van der Waals surface area contributed by atoms with E-state index in [2.05, 4.69) is 54.9 Å². The van der Waals surface area contributed by atoms with E-state index in [1.165, 1.54) is 5.56 Å². The number of hydrogen-bond acceptors (Lipinski definition) is 8. The lowest BCUT2D eigenvalue weighted by Crippen LogP contribution is -2.37. The minimum atomic E-state index is 0.556. The van der Waals surface area contributed by atoms with Crippen LogP contribution in [0.3, 0.4) is 0 Å². The Balaban J connectivity index is 1.64. The van der Waals surface area contributed by atoms with Gasteiger partial charge in [0, 0.05) is 19.5 Å². The van der Waals surface area contributed by atoms with Crippen molar-refractivity contribution in [2.45, 2.75) is 31.2 Å². The maximum Gasteiger partial charge on any atom is 0.237 e. The maximum atomic E-state index is 5.48. The summed E-state index contributed by atoms with van der Waals surface area (Å²) >= 11 is 1.54. The van der Waals surface area contributed by atoms with Gasteiger partial charge < -0.3 is 14.2 Å². The Bertz CT molecular complexity index is 903. The minimum Gasteiger partial charge on any atom is -0.378 e. The first-order valence-electron chi connectivity index (χ1n) is 9.04. The maximum absolute atomic E-state index is 5.48. The molecule has 2 aromatic heterocycles. The molecule has 1 saturated heterocycles. The van der Waals surface area contributed by atoms with Gasteiger partial charge in [-0.05, 0) is 24.6 Å². The Kier molecular flexibility index (Phi) is 5.40. The standard InChI is InChI=1S/C18H22N6O2S/c1-3-15-19-16(26-22-15)12-27-18-21-20-17(23-7-9-25-10-8-23)24(18)14-6-4-5-13(2)11-14/h4-6,11H,3,7-10,12H2,1-2H3. The van der Waals surface area contributed by atoms with E-state index in [1.807, 2.05) is 13.0 Å². The fourth-order valence-electron chi connectivity index (χ4n) is 2.94. The molecule has 0 N–H and O–H groups in total. The number of thioether (sulfide) groups is 1. The quantitative estimate of drug-likeness (QED) is 0.598. The van der Waals surface area contributed by atoms with Crippen LogP contribution in [0.1, 0.15) is 24.2 Å². The molecule has 1 aliphatic heterocycles. The molecule has 0 unspecified atom stereocenters. The number of ether oxygens (including phenoxy) is 1. The van der Waals surface area contributed by atoms with Gasteiger partial charge in [0.25, 0.3) is 0 Å². The van der Waals surface area contributed by atoms with Gasteiger partial charge in [-0.3, -0.25) is 4.57 Å². The highest BCUT2D eigenvalue weighted by molar-refractivity contribution is 7.98. The molecule has 9 heteroatoms. The number of benzene rings is 1. The molecule has 27 heavy (non-hydrogen) atoms. The molecule has 0 atom stereocenters. The van der Waals surface area contributed by atoms with Gasteiger partial charge in [0.1, 0.15) is 0 Å². The number of anilines is 1. The molecule has 1 aliphatic rings. The molecule has 0 saturated carbocycles. The summed E-state index contributed by atoms with van der Waals surface area (Å²) in [6.07, 6.45) is 0.759. The van der Waals surface area contributed by atoms with Gasteiger partial charge in [-0.1, -0.05) is 36.0 Å². The molecule has 0 aliphatic carbocycles. The van der Waals surface area contributed by atoms with Crippen LogP contribution in [0.25, 0.3) is 5.69 Å². The molecule has 4 rings (SSSR count). The SMILES string of the molecule is CCc1noc(CSc2nnc(N3CCOCC3)n2-c2cccc(C)c2)n1. The van der Waals surface area contributed by atoms with Gasteiger partial charge in [-0.25, -0.2) is 0 Å². The summed E-state index contributed by atoms with van der Waals surface area (Å²) in [5.74, 6) is 2.72. The van der Waals surface area contributed by atoms with Crippen LogP contribution in [0.15, 0.2) is 33.9 Å². The summed E-state index contributed by atoms with van der Waals surface area (Å²) < 4.78 is 12.9. The molecule has 0 amide bonds. The molecule has 1 fully saturated rings. The molecule has 3 aromatic rings. The number of hydrogen-bond donors (Lipinski definition) is 0. The first-order valence-corrected chi connectivity index (χ1v) is 10.0. The molecule has 0 spiro atoms. The van der Waals surface area contributed by atoms with Gasteiger partial charge in [-0.2, -0.15) is 4.98 Å². The third-order valence-corrected chi connectivity index (χ3v) is 5.23. The van der Waals surface area contributed by atoms with Crippen LogP contribution in [-0.2, 0) is 16.9 Å². The smallest absolute Gasteiger partial charge is 0.237 e. The summed E-state index contributed by atoms with van der Waals surface area (Å²) in [7, 11) is 0. The van der Waals surface area contributed by atoms with Gasteiger partial charge >= 0.3 is 0 Å². The van der Waals surface area contributed by atoms with E-state index in [9.17, 15) is 0 Å². The van der Waals surface area contributed by atoms with Gasteiger partial charge in [0.05, 0.1) is 24.7 Å². The number of aryl methyl sites for hydroxylation is 2. The van der Waals surface area contributed by atoms with E-state index in [1.54, 1.807) is 11.8 Å². The molecule has 0 radical (unpaired) electrons. The fourth-order valence-corrected chi connectivity index (χ4v) is 3.72. The van der Waals surface area contributed by atoms with Crippen LogP contribution in [0.2, 0.25) is 0 Å². The number of aromatic nitrogens is 5. The highest BCUT2D eigenvalue weighted by atomic mass is 32.2. The fraction of sp³-hybridized carbons (Fsp3) is 0.444. The first kappa shape index (κ1) is 18.0. The second-order valence-electron chi connectivity index (χ2n) is 6.30. The second-order valence-corrected chi connectivity index (χ2v) is 7.25. The van der Waals surface area contributed by atoms with Crippen molar-refractivity contribution in [3.05, 3.63) is 41.5 Å². The van der Waals surface area contributed by atoms with Crippen molar-refractivity contribution in [3.8, 4) is 5.69 Å². The molecule has 8 nitrogen and oxygen atoms in total. The van der Waals surface area contributed by atoms with Gasteiger partial charge in [0.15, 0.2) is 11.0 Å². The molecular weight excluding hydrogens is 364 g/mol. The lowest BCUT2D eigenvalue weighted by molar-refractivity contribution is 0.122. The number of rotatable bonds is 6. The Hall–Kier alpha value is -2.39. The van der Waals surface area contributed by atoms with E-state index in [0.717, 1.165) is 42.1 Å². The van der Waals surface area contributed by atoms with Crippen LogP contribution < -0.4 is 4.90 Å². The van der Waals surface area contributed by atoms with Crippen LogP contribution in [0.4, 0.5) is 5.95 Å². The molecule has 1 aromatic carbocycles. The Morgan fingerprint density at radius 2 is 2.04 bits per heavy atom. The molecule has 3 heterocycles. The minimum absolute atomic E-state index is 0.556. The molecule has 0 bridgehead atoms. The topological polar surface area (TPSA) is 82.1 Å². The van der Waals surface area contributed by atoms with Crippen molar-refractivity contribution in [1.82, 2.24) is 24.9 Å². The Labute approximate surface area is 161 Å². The highest BCUT2D eigenvalue weighted by Gasteiger charge is 2.22. The third kappa shape index (κ3) is 3.98. The summed E-state index contributed by atoms with van der Waals surface area (Å²) in [5.41, 5.74) is 2.23. The monoisotopic (exact) mass is 386 g/mol. The normalized spacial score (nSPS) is 14.7. The van der Waals surface area contributed by atoms with Crippen LogP contribution in [-0.4, -0.2) is 51.2 Å². The number of morpholine rings is 1. The van der Waals surface area contributed by atoms with Crippen LogP contribution in [0, 0.1) is 6.92 Å². The zero-order valence-electron chi connectivity index (χ0n) is 15.5. The second kappa shape index (κ2) is 8.10.